The van der Waals surface area contributed by atoms with Crippen LogP contribution < -0.4 is 5.32 Å². The molecule has 1 aromatic carbocycles. The van der Waals surface area contributed by atoms with Gasteiger partial charge in [0.25, 0.3) is 0 Å². The van der Waals surface area contributed by atoms with E-state index in [-0.39, 0.29) is 5.92 Å². The molecule has 1 aromatic rings. The van der Waals surface area contributed by atoms with Gasteiger partial charge in [0, 0.05) is 28.3 Å². The number of hydrogen-bond donors (Lipinski definition) is 2. The first-order chi connectivity index (χ1) is 11.5. The molecular formula is C19H23Cl2NOS. The number of aliphatic hydroxyl groups is 1. The van der Waals surface area contributed by atoms with Crippen molar-refractivity contribution in [2.75, 3.05) is 13.1 Å². The van der Waals surface area contributed by atoms with E-state index >= 15 is 0 Å². The van der Waals surface area contributed by atoms with Gasteiger partial charge in [-0.25, -0.2) is 0 Å². The van der Waals surface area contributed by atoms with Crippen LogP contribution in [0.4, 0.5) is 0 Å². The Labute approximate surface area is 157 Å². The first-order valence-electron chi connectivity index (χ1n) is 8.06. The van der Waals surface area contributed by atoms with E-state index in [1.165, 1.54) is 22.2 Å². The first kappa shape index (κ1) is 19.6. The third-order valence-corrected chi connectivity index (χ3v) is 5.72. The summed E-state index contributed by atoms with van der Waals surface area (Å²) in [5, 5.41) is 17.4. The van der Waals surface area contributed by atoms with E-state index in [9.17, 15) is 5.11 Å². The Morgan fingerprint density at radius 3 is 2.17 bits per heavy atom. The van der Waals surface area contributed by atoms with Crippen LogP contribution in [-0.4, -0.2) is 23.6 Å². The second kappa shape index (κ2) is 9.69. The average Bonchev–Trinajstić information content (AvgIpc) is 2.55. The molecule has 2 aliphatic carbocycles. The SMILES string of the molecule is CCNCC(C)C(O)SCc1ccc(Cl)cc1Cl.c1cc2ccc1=2. The van der Waals surface area contributed by atoms with Crippen LogP contribution in [0, 0.1) is 16.4 Å². The van der Waals surface area contributed by atoms with Gasteiger partial charge in [0.2, 0.25) is 0 Å². The molecule has 2 N–H and O–H groups in total. The Bertz CT molecular complexity index is 703. The highest BCUT2D eigenvalue weighted by molar-refractivity contribution is 7.98. The molecule has 2 atom stereocenters. The molecule has 2 unspecified atom stereocenters. The van der Waals surface area contributed by atoms with Gasteiger partial charge in [-0.3, -0.25) is 0 Å². The summed E-state index contributed by atoms with van der Waals surface area (Å²) < 4.78 is 0. The van der Waals surface area contributed by atoms with Crippen LogP contribution in [0.2, 0.25) is 10.0 Å². The van der Waals surface area contributed by atoms with Gasteiger partial charge in [-0.05, 0) is 34.7 Å². The smallest absolute Gasteiger partial charge is 0.103 e. The lowest BCUT2D eigenvalue weighted by Crippen LogP contribution is -2.27. The summed E-state index contributed by atoms with van der Waals surface area (Å²) in [5.41, 5.74) is 0.608. The molecule has 0 aromatic heterocycles. The van der Waals surface area contributed by atoms with Crippen LogP contribution in [0.3, 0.4) is 0 Å². The van der Waals surface area contributed by atoms with Crippen LogP contribution in [0.5, 0.6) is 0 Å². The number of thioether (sulfide) groups is 1. The first-order valence-corrected chi connectivity index (χ1v) is 9.86. The Morgan fingerprint density at radius 1 is 1.08 bits per heavy atom. The van der Waals surface area contributed by atoms with Crippen LogP contribution in [0.15, 0.2) is 42.5 Å². The number of nitrogens with one attached hydrogen (secondary N) is 1. The third kappa shape index (κ3) is 5.68. The van der Waals surface area contributed by atoms with Crippen LogP contribution >= 0.6 is 35.0 Å². The van der Waals surface area contributed by atoms with Gasteiger partial charge < -0.3 is 10.4 Å². The molecule has 2 aliphatic rings. The number of rotatable bonds is 7. The molecule has 0 radical (unpaired) electrons. The molecule has 130 valence electrons. The normalized spacial score (nSPS) is 13.7. The van der Waals surface area contributed by atoms with E-state index < -0.39 is 5.44 Å². The summed E-state index contributed by atoms with van der Waals surface area (Å²) in [5.74, 6) is 0.897. The largest absolute Gasteiger partial charge is 0.382 e. The van der Waals surface area contributed by atoms with Crippen molar-refractivity contribution < 1.29 is 5.11 Å². The summed E-state index contributed by atoms with van der Waals surface area (Å²) in [6, 6.07) is 13.9. The van der Waals surface area contributed by atoms with Crippen molar-refractivity contribution in [2.45, 2.75) is 25.0 Å². The third-order valence-electron chi connectivity index (χ3n) is 3.85. The Kier molecular flexibility index (Phi) is 7.92. The number of aliphatic hydroxyl groups excluding tert-OH is 1. The predicted octanol–water partition coefficient (Wildman–Crippen LogP) is 5.08. The molecule has 24 heavy (non-hydrogen) atoms. The van der Waals surface area contributed by atoms with Crippen molar-refractivity contribution in [1.82, 2.24) is 5.32 Å². The monoisotopic (exact) mass is 383 g/mol. The van der Waals surface area contributed by atoms with Gasteiger partial charge in [0.1, 0.15) is 5.44 Å². The fraction of sp³-hybridized carbons (Fsp3) is 0.368. The van der Waals surface area contributed by atoms with Crippen LogP contribution in [-0.2, 0) is 5.75 Å². The van der Waals surface area contributed by atoms with Crippen molar-refractivity contribution in [1.29, 1.82) is 0 Å². The van der Waals surface area contributed by atoms with Crippen molar-refractivity contribution in [2.24, 2.45) is 5.92 Å². The molecule has 0 heterocycles. The highest BCUT2D eigenvalue weighted by atomic mass is 35.5. The molecule has 2 nitrogen and oxygen atoms in total. The van der Waals surface area contributed by atoms with Crippen LogP contribution in [0.25, 0.3) is 0 Å². The van der Waals surface area contributed by atoms with Gasteiger partial charge in [-0.1, -0.05) is 67.4 Å². The number of halogens is 2. The lowest BCUT2D eigenvalue weighted by molar-refractivity contribution is 0.199. The van der Waals surface area contributed by atoms with Gasteiger partial charge in [0.15, 0.2) is 0 Å². The van der Waals surface area contributed by atoms with E-state index in [1.54, 1.807) is 6.07 Å². The van der Waals surface area contributed by atoms with E-state index in [4.69, 9.17) is 23.2 Å². The van der Waals surface area contributed by atoms with E-state index in [0.717, 1.165) is 18.7 Å². The molecule has 5 heteroatoms. The van der Waals surface area contributed by atoms with Crippen molar-refractivity contribution >= 4 is 35.0 Å². The molecule has 0 saturated carbocycles. The maximum absolute atomic E-state index is 10.0. The molecule has 0 amide bonds. The molecular weight excluding hydrogens is 361 g/mol. The Hall–Kier alpha value is -0.710. The Balaban J connectivity index is 0.000000282. The molecule has 0 aliphatic heterocycles. The zero-order valence-corrected chi connectivity index (χ0v) is 16.3. The minimum absolute atomic E-state index is 0.209. The number of hydrogen-bond acceptors (Lipinski definition) is 3. The highest BCUT2D eigenvalue weighted by Crippen LogP contribution is 2.27. The lowest BCUT2D eigenvalue weighted by atomic mass is 10.1. The lowest BCUT2D eigenvalue weighted by Gasteiger charge is -2.18. The summed E-state index contributed by atoms with van der Waals surface area (Å²) >= 11 is 13.4. The summed E-state index contributed by atoms with van der Waals surface area (Å²) in [7, 11) is 0. The second-order valence-electron chi connectivity index (χ2n) is 5.80. The fourth-order valence-corrected chi connectivity index (χ4v) is 3.70. The quantitative estimate of drug-likeness (QED) is 0.558. The van der Waals surface area contributed by atoms with Crippen molar-refractivity contribution in [3.05, 3.63) is 68.5 Å². The summed E-state index contributed by atoms with van der Waals surface area (Å²) in [4.78, 5) is 0. The van der Waals surface area contributed by atoms with Gasteiger partial charge >= 0.3 is 0 Å². The topological polar surface area (TPSA) is 32.3 Å². The van der Waals surface area contributed by atoms with Crippen LogP contribution in [0.1, 0.15) is 19.4 Å². The minimum atomic E-state index is -0.393. The van der Waals surface area contributed by atoms with Gasteiger partial charge in [-0.2, -0.15) is 0 Å². The second-order valence-corrected chi connectivity index (χ2v) is 7.75. The van der Waals surface area contributed by atoms with E-state index in [2.05, 4.69) is 36.5 Å². The molecule has 3 rings (SSSR count). The average molecular weight is 384 g/mol. The standard InChI is InChI=1S/C13H19Cl2NOS.C6H4/c1-3-16-7-9(2)13(17)18-8-10-4-5-11(14)6-12(10)15;1-2-6-4-3-5(1)6/h4-6,9,13,16-17H,3,7-8H2,1-2H3;1-4H. The molecule has 0 bridgehead atoms. The Morgan fingerprint density at radius 2 is 1.71 bits per heavy atom. The van der Waals surface area contributed by atoms with Gasteiger partial charge in [0.05, 0.1) is 0 Å². The molecule has 0 fully saturated rings. The summed E-state index contributed by atoms with van der Waals surface area (Å²) in [6.07, 6.45) is 0. The maximum atomic E-state index is 10.0. The molecule has 0 spiro atoms. The fourth-order valence-electron chi connectivity index (χ4n) is 2.11. The number of benzene rings is 2. The minimum Gasteiger partial charge on any atom is -0.382 e. The predicted molar refractivity (Wildman–Crippen MR) is 106 cm³/mol. The highest BCUT2D eigenvalue weighted by Gasteiger charge is 2.14. The zero-order valence-electron chi connectivity index (χ0n) is 13.9. The van der Waals surface area contributed by atoms with Gasteiger partial charge in [-0.15, -0.1) is 11.8 Å². The van der Waals surface area contributed by atoms with Crippen molar-refractivity contribution in [3.63, 3.8) is 0 Å². The van der Waals surface area contributed by atoms with Crippen molar-refractivity contribution in [3.8, 4) is 0 Å². The zero-order chi connectivity index (χ0) is 17.5. The van der Waals surface area contributed by atoms with E-state index in [0.29, 0.717) is 15.8 Å². The maximum Gasteiger partial charge on any atom is 0.103 e. The summed E-state index contributed by atoms with van der Waals surface area (Å²) in [6.45, 7) is 5.83. The van der Waals surface area contributed by atoms with E-state index in [1.807, 2.05) is 19.1 Å². The molecule has 0 saturated heterocycles.